The van der Waals surface area contributed by atoms with Gasteiger partial charge in [0, 0.05) is 38.8 Å². The molecule has 1 saturated heterocycles. The summed E-state index contributed by atoms with van der Waals surface area (Å²) in [5.41, 5.74) is 2.32. The van der Waals surface area contributed by atoms with E-state index in [1.807, 2.05) is 13.0 Å². The maximum absolute atomic E-state index is 9.66. The van der Waals surface area contributed by atoms with Crippen LogP contribution in [0.1, 0.15) is 44.0 Å². The second-order valence-corrected chi connectivity index (χ2v) is 9.23. The van der Waals surface area contributed by atoms with Gasteiger partial charge in [0.2, 0.25) is 0 Å². The van der Waals surface area contributed by atoms with Gasteiger partial charge in [0.15, 0.2) is 0 Å². The monoisotopic (exact) mass is 424 g/mol. The number of aliphatic hydroxyl groups is 1. The predicted octanol–water partition coefficient (Wildman–Crippen LogP) is 4.05. The Labute approximate surface area is 185 Å². The lowest BCUT2D eigenvalue weighted by molar-refractivity contribution is 0.0438. The molecule has 0 radical (unpaired) electrons. The zero-order chi connectivity index (χ0) is 21.8. The second kappa shape index (κ2) is 9.98. The van der Waals surface area contributed by atoms with Crippen molar-refractivity contribution in [3.63, 3.8) is 0 Å². The van der Waals surface area contributed by atoms with Crippen molar-refractivity contribution >= 4 is 11.0 Å². The number of hydrogen-bond donors (Lipinski definition) is 1. The third-order valence-electron chi connectivity index (χ3n) is 6.33. The summed E-state index contributed by atoms with van der Waals surface area (Å²) >= 11 is 0. The lowest BCUT2D eigenvalue weighted by Gasteiger charge is -2.41. The number of para-hydroxylation sites is 2. The van der Waals surface area contributed by atoms with E-state index in [4.69, 9.17) is 9.40 Å². The van der Waals surface area contributed by atoms with E-state index >= 15 is 0 Å². The van der Waals surface area contributed by atoms with Gasteiger partial charge in [-0.1, -0.05) is 26.0 Å². The quantitative estimate of drug-likeness (QED) is 0.562. The molecule has 0 spiro atoms. The molecule has 4 rings (SSSR count). The van der Waals surface area contributed by atoms with E-state index in [2.05, 4.69) is 58.5 Å². The maximum atomic E-state index is 9.66. The molecule has 3 aromatic rings. The van der Waals surface area contributed by atoms with Gasteiger partial charge in [0.1, 0.15) is 17.3 Å². The van der Waals surface area contributed by atoms with Crippen LogP contribution in [0.3, 0.4) is 0 Å². The summed E-state index contributed by atoms with van der Waals surface area (Å²) in [6, 6.07) is 12.9. The van der Waals surface area contributed by atoms with E-state index in [-0.39, 0.29) is 6.61 Å². The van der Waals surface area contributed by atoms with Crippen molar-refractivity contribution in [3.05, 3.63) is 53.7 Å². The van der Waals surface area contributed by atoms with Crippen LogP contribution in [0.5, 0.6) is 0 Å². The van der Waals surface area contributed by atoms with Crippen LogP contribution in [0.25, 0.3) is 11.0 Å². The predicted molar refractivity (Wildman–Crippen MR) is 124 cm³/mol. The van der Waals surface area contributed by atoms with E-state index in [1.54, 1.807) is 0 Å². The summed E-state index contributed by atoms with van der Waals surface area (Å²) in [7, 11) is 0. The third kappa shape index (κ3) is 5.37. The number of furan rings is 1. The number of aryl methyl sites for hydroxylation is 2. The van der Waals surface area contributed by atoms with Crippen molar-refractivity contribution in [1.29, 1.82) is 0 Å². The standard InChI is InChI=1S/C25H36N4O2/c1-19(2)10-12-29-24-7-5-4-6-23(24)26-25(29)18-27-13-14-28(21(16-27)11-15-30)17-22-9-8-20(3)31-22/h4-9,19,21,30H,10-18H2,1-3H3/t21-/m0/s1. The van der Waals surface area contributed by atoms with Gasteiger partial charge in [-0.05, 0) is 49.9 Å². The molecule has 0 amide bonds. The second-order valence-electron chi connectivity index (χ2n) is 9.23. The van der Waals surface area contributed by atoms with Gasteiger partial charge in [-0.2, -0.15) is 0 Å². The normalized spacial score (nSPS) is 18.4. The fraction of sp³-hybridized carbons (Fsp3) is 0.560. The first-order chi connectivity index (χ1) is 15.0. The van der Waals surface area contributed by atoms with Gasteiger partial charge in [-0.25, -0.2) is 4.98 Å². The van der Waals surface area contributed by atoms with Crippen LogP contribution >= 0.6 is 0 Å². The Hall–Kier alpha value is -2.15. The first-order valence-electron chi connectivity index (χ1n) is 11.6. The minimum absolute atomic E-state index is 0.207. The van der Waals surface area contributed by atoms with E-state index in [1.165, 1.54) is 5.52 Å². The van der Waals surface area contributed by atoms with E-state index in [9.17, 15) is 5.11 Å². The van der Waals surface area contributed by atoms with E-state index < -0.39 is 0 Å². The molecular weight excluding hydrogens is 388 g/mol. The largest absolute Gasteiger partial charge is 0.465 e. The van der Waals surface area contributed by atoms with Gasteiger partial charge >= 0.3 is 0 Å². The molecule has 1 fully saturated rings. The molecule has 31 heavy (non-hydrogen) atoms. The molecule has 0 saturated carbocycles. The summed E-state index contributed by atoms with van der Waals surface area (Å²) in [6.45, 7) is 12.3. The van der Waals surface area contributed by atoms with Crippen molar-refractivity contribution in [1.82, 2.24) is 19.4 Å². The number of aromatic nitrogens is 2. The molecule has 3 heterocycles. The van der Waals surface area contributed by atoms with Crippen molar-refractivity contribution in [2.45, 2.75) is 59.3 Å². The molecule has 0 bridgehead atoms. The first-order valence-corrected chi connectivity index (χ1v) is 11.6. The van der Waals surface area contributed by atoms with Gasteiger partial charge in [-0.15, -0.1) is 0 Å². The highest BCUT2D eigenvalue weighted by atomic mass is 16.3. The SMILES string of the molecule is Cc1ccc(CN2CCN(Cc3nc4ccccc4n3CCC(C)C)C[C@@H]2CCO)o1. The van der Waals surface area contributed by atoms with Crippen LogP contribution in [-0.4, -0.2) is 56.7 Å². The molecular formula is C25H36N4O2. The van der Waals surface area contributed by atoms with E-state index in [0.29, 0.717) is 12.0 Å². The topological polar surface area (TPSA) is 57.7 Å². The fourth-order valence-corrected chi connectivity index (χ4v) is 4.59. The maximum Gasteiger partial charge on any atom is 0.124 e. The summed E-state index contributed by atoms with van der Waals surface area (Å²) in [4.78, 5) is 9.94. The Balaban J connectivity index is 1.48. The summed E-state index contributed by atoms with van der Waals surface area (Å²) < 4.78 is 8.21. The number of aliphatic hydroxyl groups excluding tert-OH is 1. The molecule has 1 aromatic carbocycles. The zero-order valence-electron chi connectivity index (χ0n) is 19.1. The Bertz CT molecular complexity index is 977. The Morgan fingerprint density at radius 2 is 1.97 bits per heavy atom. The highest BCUT2D eigenvalue weighted by Gasteiger charge is 2.28. The van der Waals surface area contributed by atoms with Crippen LogP contribution < -0.4 is 0 Å². The molecule has 1 aliphatic rings. The van der Waals surface area contributed by atoms with Crippen LogP contribution in [0, 0.1) is 12.8 Å². The smallest absolute Gasteiger partial charge is 0.124 e. The molecule has 0 unspecified atom stereocenters. The number of hydrogen-bond acceptors (Lipinski definition) is 5. The molecule has 6 heteroatoms. The third-order valence-corrected chi connectivity index (χ3v) is 6.33. The van der Waals surface area contributed by atoms with Gasteiger partial charge in [-0.3, -0.25) is 9.80 Å². The average Bonchev–Trinajstić information content (AvgIpc) is 3.31. The highest BCUT2D eigenvalue weighted by molar-refractivity contribution is 5.75. The minimum Gasteiger partial charge on any atom is -0.465 e. The van der Waals surface area contributed by atoms with Crippen molar-refractivity contribution in [2.24, 2.45) is 5.92 Å². The highest BCUT2D eigenvalue weighted by Crippen LogP contribution is 2.22. The Morgan fingerprint density at radius 3 is 2.71 bits per heavy atom. The average molecular weight is 425 g/mol. The zero-order valence-corrected chi connectivity index (χ0v) is 19.1. The van der Waals surface area contributed by atoms with Crippen molar-refractivity contribution in [3.8, 4) is 0 Å². The lowest BCUT2D eigenvalue weighted by atomic mass is 10.1. The van der Waals surface area contributed by atoms with E-state index in [0.717, 1.165) is 75.0 Å². The fourth-order valence-electron chi connectivity index (χ4n) is 4.59. The van der Waals surface area contributed by atoms with Crippen molar-refractivity contribution in [2.75, 3.05) is 26.2 Å². The van der Waals surface area contributed by atoms with Crippen LogP contribution in [0.2, 0.25) is 0 Å². The molecule has 1 aliphatic heterocycles. The van der Waals surface area contributed by atoms with Crippen LogP contribution in [-0.2, 0) is 19.6 Å². The van der Waals surface area contributed by atoms with Gasteiger partial charge in [0.25, 0.3) is 0 Å². The number of fused-ring (bicyclic) bond motifs is 1. The molecule has 0 aliphatic carbocycles. The molecule has 6 nitrogen and oxygen atoms in total. The summed E-state index contributed by atoms with van der Waals surface area (Å²) in [5, 5.41) is 9.66. The lowest BCUT2D eigenvalue weighted by Crippen LogP contribution is -2.52. The molecule has 1 N–H and O–H groups in total. The van der Waals surface area contributed by atoms with Crippen LogP contribution in [0.4, 0.5) is 0 Å². The molecule has 1 atom stereocenters. The number of rotatable bonds is 9. The molecule has 168 valence electrons. The summed E-state index contributed by atoms with van der Waals surface area (Å²) in [5.74, 6) is 3.77. The van der Waals surface area contributed by atoms with Crippen molar-refractivity contribution < 1.29 is 9.52 Å². The number of nitrogens with zero attached hydrogens (tertiary/aromatic N) is 4. The first kappa shape index (κ1) is 22.1. The molecule has 2 aromatic heterocycles. The van der Waals surface area contributed by atoms with Gasteiger partial charge in [0.05, 0.1) is 24.1 Å². The van der Waals surface area contributed by atoms with Gasteiger partial charge < -0.3 is 14.1 Å². The number of benzene rings is 1. The number of piperazine rings is 1. The Morgan fingerprint density at radius 1 is 1.13 bits per heavy atom. The summed E-state index contributed by atoms with van der Waals surface area (Å²) in [6.07, 6.45) is 1.93. The number of imidazole rings is 1. The van der Waals surface area contributed by atoms with Crippen LogP contribution in [0.15, 0.2) is 40.8 Å². The minimum atomic E-state index is 0.207. The Kier molecular flexibility index (Phi) is 7.10.